The van der Waals surface area contributed by atoms with Crippen molar-refractivity contribution in [3.05, 3.63) is 65.2 Å². The number of benzene rings is 2. The number of hydrogen-bond acceptors (Lipinski definition) is 3. The van der Waals surface area contributed by atoms with E-state index in [1.54, 1.807) is 0 Å². The van der Waals surface area contributed by atoms with Crippen LogP contribution in [0.1, 0.15) is 55.4 Å². The van der Waals surface area contributed by atoms with Crippen LogP contribution in [0.2, 0.25) is 0 Å². The summed E-state index contributed by atoms with van der Waals surface area (Å²) in [5.41, 5.74) is 4.22. The number of likely N-dealkylation sites (tertiary alicyclic amines) is 1. The number of carbonyl (C=O) groups excluding carboxylic acids is 1. The van der Waals surface area contributed by atoms with Crippen LogP contribution < -0.4 is 5.32 Å². The number of piperidine rings is 1. The molecule has 1 saturated heterocycles. The van der Waals surface area contributed by atoms with E-state index < -0.39 is 6.10 Å². The quantitative estimate of drug-likeness (QED) is 0.776. The van der Waals surface area contributed by atoms with Crippen LogP contribution in [0.15, 0.2) is 48.5 Å². The Bertz CT molecular complexity index is 780. The Hall–Kier alpha value is -2.17. The molecule has 1 atom stereocenters. The number of nitrogens with one attached hydrogen (secondary N) is 1. The van der Waals surface area contributed by atoms with Crippen molar-refractivity contribution in [3.63, 3.8) is 0 Å². The molecular weight excluding hydrogens is 348 g/mol. The molecule has 1 fully saturated rings. The lowest BCUT2D eigenvalue weighted by atomic mass is 9.87. The number of para-hydroxylation sites is 1. The van der Waals surface area contributed by atoms with E-state index in [2.05, 4.69) is 30.1 Å². The van der Waals surface area contributed by atoms with Gasteiger partial charge in [0.1, 0.15) is 0 Å². The van der Waals surface area contributed by atoms with Gasteiger partial charge in [0, 0.05) is 5.69 Å². The highest BCUT2D eigenvalue weighted by Crippen LogP contribution is 2.31. The molecule has 150 valence electrons. The molecule has 2 N–H and O–H groups in total. The summed E-state index contributed by atoms with van der Waals surface area (Å²) >= 11 is 0. The van der Waals surface area contributed by atoms with Crippen LogP contribution in [-0.2, 0) is 4.79 Å². The van der Waals surface area contributed by atoms with Crippen molar-refractivity contribution in [1.82, 2.24) is 4.90 Å². The minimum Gasteiger partial charge on any atom is -0.388 e. The first-order valence-corrected chi connectivity index (χ1v) is 10.3. The average molecular weight is 381 g/mol. The molecule has 1 aliphatic heterocycles. The molecule has 4 nitrogen and oxygen atoms in total. The number of anilines is 1. The van der Waals surface area contributed by atoms with Crippen LogP contribution in [0.5, 0.6) is 0 Å². The SMILES string of the molecule is Cc1cccc(C(C)C)c1NC(=O)CN1CCC(C(O)c2ccccc2)CC1. The number of rotatable bonds is 6. The van der Waals surface area contributed by atoms with E-state index in [4.69, 9.17) is 0 Å². The van der Waals surface area contributed by atoms with Gasteiger partial charge in [-0.2, -0.15) is 0 Å². The second kappa shape index (κ2) is 9.35. The largest absolute Gasteiger partial charge is 0.388 e. The Balaban J connectivity index is 1.53. The Morgan fingerprint density at radius 3 is 2.43 bits per heavy atom. The predicted octanol–water partition coefficient (Wildman–Crippen LogP) is 4.50. The molecule has 0 bridgehead atoms. The lowest BCUT2D eigenvalue weighted by Crippen LogP contribution is -2.40. The van der Waals surface area contributed by atoms with E-state index in [0.717, 1.165) is 42.7 Å². The summed E-state index contributed by atoms with van der Waals surface area (Å²) in [7, 11) is 0. The number of hydrogen-bond donors (Lipinski definition) is 2. The van der Waals surface area contributed by atoms with Crippen LogP contribution >= 0.6 is 0 Å². The molecule has 1 aliphatic rings. The third-order valence-electron chi connectivity index (χ3n) is 5.78. The van der Waals surface area contributed by atoms with E-state index in [-0.39, 0.29) is 11.8 Å². The highest BCUT2D eigenvalue weighted by atomic mass is 16.3. The summed E-state index contributed by atoms with van der Waals surface area (Å²) in [6.45, 7) is 8.41. The Kier molecular flexibility index (Phi) is 6.87. The van der Waals surface area contributed by atoms with Gasteiger partial charge in [-0.25, -0.2) is 0 Å². The van der Waals surface area contributed by atoms with Crippen molar-refractivity contribution in [2.24, 2.45) is 5.92 Å². The second-order valence-corrected chi connectivity index (χ2v) is 8.21. The summed E-state index contributed by atoms with van der Waals surface area (Å²) in [4.78, 5) is 14.8. The van der Waals surface area contributed by atoms with Crippen molar-refractivity contribution in [3.8, 4) is 0 Å². The van der Waals surface area contributed by atoms with Crippen molar-refractivity contribution in [2.45, 2.75) is 45.6 Å². The van der Waals surface area contributed by atoms with Gasteiger partial charge < -0.3 is 10.4 Å². The summed E-state index contributed by atoms with van der Waals surface area (Å²) in [5.74, 6) is 0.661. The molecule has 0 saturated carbocycles. The lowest BCUT2D eigenvalue weighted by molar-refractivity contribution is -0.117. The van der Waals surface area contributed by atoms with Gasteiger partial charge in [0.15, 0.2) is 0 Å². The zero-order valence-corrected chi connectivity index (χ0v) is 17.2. The highest BCUT2D eigenvalue weighted by molar-refractivity contribution is 5.93. The van der Waals surface area contributed by atoms with Gasteiger partial charge in [-0.1, -0.05) is 62.4 Å². The molecule has 1 amide bonds. The number of carbonyl (C=O) groups is 1. The maximum absolute atomic E-state index is 12.6. The second-order valence-electron chi connectivity index (χ2n) is 8.21. The molecule has 4 heteroatoms. The molecule has 0 radical (unpaired) electrons. The predicted molar refractivity (Wildman–Crippen MR) is 114 cm³/mol. The first-order valence-electron chi connectivity index (χ1n) is 10.3. The fraction of sp³-hybridized carbons (Fsp3) is 0.458. The van der Waals surface area contributed by atoms with Crippen molar-refractivity contribution in [1.29, 1.82) is 0 Å². The number of aliphatic hydroxyl groups excluding tert-OH is 1. The van der Waals surface area contributed by atoms with E-state index in [1.165, 1.54) is 5.56 Å². The number of aryl methyl sites for hydroxylation is 1. The maximum Gasteiger partial charge on any atom is 0.238 e. The zero-order valence-electron chi connectivity index (χ0n) is 17.2. The summed E-state index contributed by atoms with van der Waals surface area (Å²) in [6.07, 6.45) is 1.40. The van der Waals surface area contributed by atoms with Crippen LogP contribution in [0.25, 0.3) is 0 Å². The number of nitrogens with zero attached hydrogens (tertiary/aromatic N) is 1. The Morgan fingerprint density at radius 2 is 1.79 bits per heavy atom. The number of aliphatic hydroxyl groups is 1. The van der Waals surface area contributed by atoms with Crippen LogP contribution in [0, 0.1) is 12.8 Å². The molecule has 0 aromatic heterocycles. The maximum atomic E-state index is 12.6. The average Bonchev–Trinajstić information content (AvgIpc) is 2.70. The number of amides is 1. The summed E-state index contributed by atoms with van der Waals surface area (Å²) < 4.78 is 0. The molecule has 2 aromatic carbocycles. The van der Waals surface area contributed by atoms with E-state index in [0.29, 0.717) is 12.5 Å². The molecule has 1 unspecified atom stereocenters. The van der Waals surface area contributed by atoms with Crippen molar-refractivity contribution >= 4 is 11.6 Å². The van der Waals surface area contributed by atoms with Gasteiger partial charge in [0.05, 0.1) is 12.6 Å². The topological polar surface area (TPSA) is 52.6 Å². The van der Waals surface area contributed by atoms with Crippen LogP contribution in [0.4, 0.5) is 5.69 Å². The van der Waals surface area contributed by atoms with Gasteiger partial charge in [-0.3, -0.25) is 9.69 Å². The van der Waals surface area contributed by atoms with Crippen molar-refractivity contribution < 1.29 is 9.90 Å². The molecule has 28 heavy (non-hydrogen) atoms. The minimum absolute atomic E-state index is 0.0401. The first-order chi connectivity index (χ1) is 13.5. The minimum atomic E-state index is -0.419. The van der Waals surface area contributed by atoms with Gasteiger partial charge in [0.2, 0.25) is 5.91 Å². The van der Waals surface area contributed by atoms with Crippen LogP contribution in [-0.4, -0.2) is 35.5 Å². The Morgan fingerprint density at radius 1 is 1.11 bits per heavy atom. The fourth-order valence-electron chi connectivity index (χ4n) is 4.07. The first kappa shape index (κ1) is 20.6. The summed E-state index contributed by atoms with van der Waals surface area (Å²) in [6, 6.07) is 16.0. The molecule has 0 spiro atoms. The smallest absolute Gasteiger partial charge is 0.238 e. The third kappa shape index (κ3) is 5.00. The van der Waals surface area contributed by atoms with Gasteiger partial charge in [0.25, 0.3) is 0 Å². The lowest BCUT2D eigenvalue weighted by Gasteiger charge is -2.34. The fourth-order valence-corrected chi connectivity index (χ4v) is 4.07. The standard InChI is InChI=1S/C24H32N2O2/c1-17(2)21-11-7-8-18(3)23(21)25-22(27)16-26-14-12-20(13-15-26)24(28)19-9-5-4-6-10-19/h4-11,17,20,24,28H,12-16H2,1-3H3,(H,25,27). The van der Waals surface area contributed by atoms with E-state index in [1.807, 2.05) is 49.4 Å². The van der Waals surface area contributed by atoms with Gasteiger partial charge in [-0.05, 0) is 61.4 Å². The zero-order chi connectivity index (χ0) is 20.1. The monoisotopic (exact) mass is 380 g/mol. The van der Waals surface area contributed by atoms with Crippen LogP contribution in [0.3, 0.4) is 0 Å². The highest BCUT2D eigenvalue weighted by Gasteiger charge is 2.27. The van der Waals surface area contributed by atoms with Gasteiger partial charge >= 0.3 is 0 Å². The van der Waals surface area contributed by atoms with Gasteiger partial charge in [-0.15, -0.1) is 0 Å². The molecular formula is C24H32N2O2. The van der Waals surface area contributed by atoms with Crippen molar-refractivity contribution in [2.75, 3.05) is 25.0 Å². The molecule has 0 aliphatic carbocycles. The Labute approximate surface area is 168 Å². The summed E-state index contributed by atoms with van der Waals surface area (Å²) in [5, 5.41) is 13.8. The molecule has 2 aromatic rings. The normalized spacial score (nSPS) is 16.9. The molecule has 1 heterocycles. The molecule has 3 rings (SSSR count). The van der Waals surface area contributed by atoms with E-state index in [9.17, 15) is 9.90 Å². The van der Waals surface area contributed by atoms with E-state index >= 15 is 0 Å². The third-order valence-corrected chi connectivity index (χ3v) is 5.78.